The highest BCUT2D eigenvalue weighted by Gasteiger charge is 2.26. The smallest absolute Gasteiger partial charge is 0.290 e. The molecule has 0 saturated carbocycles. The highest BCUT2D eigenvalue weighted by atomic mass is 35.5. The lowest BCUT2D eigenvalue weighted by molar-refractivity contribution is 0.0948. The van der Waals surface area contributed by atoms with Gasteiger partial charge < -0.3 is 4.42 Å². The molecule has 0 aliphatic rings. The van der Waals surface area contributed by atoms with Crippen LogP contribution in [0.2, 0.25) is 5.02 Å². The number of carbonyl (C=O) groups is 1. The molecule has 0 unspecified atom stereocenters. The third-order valence-corrected chi connectivity index (χ3v) is 8.77. The number of hydrazone groups is 1. The van der Waals surface area contributed by atoms with Crippen LogP contribution in [0.1, 0.15) is 38.8 Å². The number of aromatic nitrogens is 2. The number of benzene rings is 2. The number of rotatable bonds is 9. The summed E-state index contributed by atoms with van der Waals surface area (Å²) in [5.41, 5.74) is 5.24. The van der Waals surface area contributed by atoms with Crippen molar-refractivity contribution in [3.63, 3.8) is 0 Å². The zero-order valence-corrected chi connectivity index (χ0v) is 23.4. The molecule has 39 heavy (non-hydrogen) atoms. The molecule has 1 N–H and O–H groups in total. The minimum Gasteiger partial charge on any atom is -0.459 e. The highest BCUT2D eigenvalue weighted by Crippen LogP contribution is 2.23. The predicted octanol–water partition coefficient (Wildman–Crippen LogP) is 5.41. The summed E-state index contributed by atoms with van der Waals surface area (Å²) in [6.45, 7) is 3.77. The van der Waals surface area contributed by atoms with Crippen LogP contribution in [0.4, 0.5) is 0 Å². The second kappa shape index (κ2) is 11.1. The SMILES string of the molecule is Cc1ccc(S(=O)(=O)N(Cc2ccc(Cl)cc2)Cc2ccc(/C=N/NC(=O)c3c(C)nc4sccn34)o2)cc1. The number of nitrogens with zero attached hydrogens (tertiary/aromatic N) is 4. The molecule has 3 aromatic heterocycles. The average molecular weight is 582 g/mol. The normalized spacial score (nSPS) is 12.1. The van der Waals surface area contributed by atoms with Crippen LogP contribution in [-0.4, -0.2) is 34.2 Å². The lowest BCUT2D eigenvalue weighted by Crippen LogP contribution is -2.30. The zero-order valence-electron chi connectivity index (χ0n) is 21.0. The molecule has 2 aromatic carbocycles. The molecule has 0 aliphatic carbocycles. The summed E-state index contributed by atoms with van der Waals surface area (Å²) in [5.74, 6) is 0.369. The molecule has 0 spiro atoms. The molecular weight excluding hydrogens is 558 g/mol. The van der Waals surface area contributed by atoms with Crippen molar-refractivity contribution >= 4 is 50.0 Å². The van der Waals surface area contributed by atoms with Gasteiger partial charge in [0.1, 0.15) is 17.2 Å². The number of imidazole rings is 1. The molecule has 0 radical (unpaired) electrons. The number of nitrogens with one attached hydrogen (secondary N) is 1. The highest BCUT2D eigenvalue weighted by molar-refractivity contribution is 7.89. The van der Waals surface area contributed by atoms with Crippen molar-refractivity contribution < 1.29 is 17.6 Å². The van der Waals surface area contributed by atoms with Crippen LogP contribution < -0.4 is 5.43 Å². The fourth-order valence-electron chi connectivity index (χ4n) is 3.98. The van der Waals surface area contributed by atoms with E-state index in [1.54, 1.807) is 78.2 Å². The van der Waals surface area contributed by atoms with Crippen molar-refractivity contribution in [3.8, 4) is 0 Å². The third-order valence-electron chi connectivity index (χ3n) is 5.95. The Morgan fingerprint density at radius 2 is 1.85 bits per heavy atom. The van der Waals surface area contributed by atoms with E-state index in [2.05, 4.69) is 15.5 Å². The number of aryl methyl sites for hydroxylation is 2. The third kappa shape index (κ3) is 5.96. The predicted molar refractivity (Wildman–Crippen MR) is 151 cm³/mol. The quantitative estimate of drug-likeness (QED) is 0.185. The van der Waals surface area contributed by atoms with Crippen molar-refractivity contribution in [3.05, 3.63) is 111 Å². The van der Waals surface area contributed by atoms with Crippen LogP contribution in [0.25, 0.3) is 4.96 Å². The van der Waals surface area contributed by atoms with Crippen molar-refractivity contribution in [2.45, 2.75) is 31.8 Å². The number of furan rings is 1. The van der Waals surface area contributed by atoms with Gasteiger partial charge in [0.05, 0.1) is 23.3 Å². The Bertz CT molecular complexity index is 1750. The lowest BCUT2D eigenvalue weighted by Gasteiger charge is -2.21. The van der Waals surface area contributed by atoms with Gasteiger partial charge in [-0.05, 0) is 55.8 Å². The molecule has 0 atom stereocenters. The number of amides is 1. The maximum absolute atomic E-state index is 13.6. The molecule has 12 heteroatoms. The number of thiazole rings is 1. The molecule has 200 valence electrons. The maximum atomic E-state index is 13.6. The minimum atomic E-state index is -3.84. The summed E-state index contributed by atoms with van der Waals surface area (Å²) in [4.78, 5) is 17.9. The monoisotopic (exact) mass is 581 g/mol. The molecule has 0 bridgehead atoms. The first-order chi connectivity index (χ1) is 18.7. The van der Waals surface area contributed by atoms with Crippen LogP contribution in [0.5, 0.6) is 0 Å². The summed E-state index contributed by atoms with van der Waals surface area (Å²) in [6, 6.07) is 17.1. The van der Waals surface area contributed by atoms with Gasteiger partial charge in [0.25, 0.3) is 5.91 Å². The second-order valence-electron chi connectivity index (χ2n) is 8.82. The van der Waals surface area contributed by atoms with Crippen LogP contribution >= 0.6 is 22.9 Å². The van der Waals surface area contributed by atoms with Gasteiger partial charge in [0.15, 0.2) is 4.96 Å². The molecule has 0 aliphatic heterocycles. The summed E-state index contributed by atoms with van der Waals surface area (Å²) in [5, 5.41) is 6.42. The molecule has 5 aromatic rings. The van der Waals surface area contributed by atoms with E-state index in [-0.39, 0.29) is 18.0 Å². The fraction of sp³-hybridized carbons (Fsp3) is 0.148. The van der Waals surface area contributed by atoms with E-state index < -0.39 is 15.9 Å². The van der Waals surface area contributed by atoms with Gasteiger partial charge >= 0.3 is 0 Å². The Kier molecular flexibility index (Phi) is 7.67. The van der Waals surface area contributed by atoms with E-state index in [9.17, 15) is 13.2 Å². The molecule has 1 amide bonds. The van der Waals surface area contributed by atoms with Gasteiger partial charge in [0.2, 0.25) is 10.0 Å². The Hall–Kier alpha value is -3.77. The van der Waals surface area contributed by atoms with E-state index >= 15 is 0 Å². The van der Waals surface area contributed by atoms with Crippen molar-refractivity contribution in [1.82, 2.24) is 19.1 Å². The first-order valence-electron chi connectivity index (χ1n) is 11.9. The van der Waals surface area contributed by atoms with Crippen molar-refractivity contribution in [1.29, 1.82) is 0 Å². The van der Waals surface area contributed by atoms with Crippen LogP contribution in [0, 0.1) is 13.8 Å². The van der Waals surface area contributed by atoms with Gasteiger partial charge in [-0.15, -0.1) is 11.3 Å². The number of sulfonamides is 1. The van der Waals surface area contributed by atoms with E-state index in [1.807, 2.05) is 12.3 Å². The van der Waals surface area contributed by atoms with Gasteiger partial charge in [-0.1, -0.05) is 41.4 Å². The van der Waals surface area contributed by atoms with E-state index in [0.717, 1.165) is 16.1 Å². The first kappa shape index (κ1) is 26.8. The maximum Gasteiger partial charge on any atom is 0.290 e. The standard InChI is InChI=1S/C27H24ClN5O4S2/c1-18-3-11-24(12-4-18)39(35,36)32(16-20-5-7-21(28)8-6-20)17-23-10-9-22(37-23)15-29-31-26(34)25-19(2)30-27-33(25)13-14-38-27/h3-15H,16-17H2,1-2H3,(H,31,34)/b29-15+. The van der Waals surface area contributed by atoms with Gasteiger partial charge in [-0.3, -0.25) is 9.20 Å². The minimum absolute atomic E-state index is 0.00973. The molecule has 0 saturated heterocycles. The fourth-order valence-corrected chi connectivity index (χ4v) is 6.26. The number of hydrogen-bond donors (Lipinski definition) is 1. The van der Waals surface area contributed by atoms with E-state index in [0.29, 0.717) is 27.9 Å². The van der Waals surface area contributed by atoms with Crippen LogP contribution in [0.3, 0.4) is 0 Å². The lowest BCUT2D eigenvalue weighted by atomic mass is 10.2. The average Bonchev–Trinajstić information content (AvgIpc) is 3.61. The molecule has 9 nitrogen and oxygen atoms in total. The number of fused-ring (bicyclic) bond motifs is 1. The second-order valence-corrected chi connectivity index (χ2v) is 12.1. The van der Waals surface area contributed by atoms with Gasteiger partial charge in [0, 0.05) is 23.1 Å². The largest absolute Gasteiger partial charge is 0.459 e. The van der Waals surface area contributed by atoms with Crippen molar-refractivity contribution in [2.24, 2.45) is 5.10 Å². The molecule has 5 rings (SSSR count). The van der Waals surface area contributed by atoms with Crippen LogP contribution in [0.15, 0.2) is 86.7 Å². The summed E-state index contributed by atoms with van der Waals surface area (Å²) in [7, 11) is -3.84. The van der Waals surface area contributed by atoms with Crippen LogP contribution in [-0.2, 0) is 23.1 Å². The summed E-state index contributed by atoms with van der Waals surface area (Å²) < 4.78 is 36.0. The first-order valence-corrected chi connectivity index (χ1v) is 14.6. The van der Waals surface area contributed by atoms with Gasteiger partial charge in [-0.2, -0.15) is 9.41 Å². The summed E-state index contributed by atoms with van der Waals surface area (Å²) in [6.07, 6.45) is 3.14. The summed E-state index contributed by atoms with van der Waals surface area (Å²) >= 11 is 7.45. The Morgan fingerprint density at radius 1 is 1.10 bits per heavy atom. The Labute approximate surface area is 234 Å². The van der Waals surface area contributed by atoms with E-state index in [1.165, 1.54) is 21.9 Å². The molecular formula is C27H24ClN5O4S2. The van der Waals surface area contributed by atoms with Crippen molar-refractivity contribution in [2.75, 3.05) is 0 Å². The zero-order chi connectivity index (χ0) is 27.6. The number of hydrogen-bond acceptors (Lipinski definition) is 7. The number of halogens is 1. The molecule has 3 heterocycles. The topological polar surface area (TPSA) is 109 Å². The Morgan fingerprint density at radius 3 is 2.59 bits per heavy atom. The molecule has 0 fully saturated rings. The Balaban J connectivity index is 1.32. The number of carbonyl (C=O) groups excluding carboxylic acids is 1. The van der Waals surface area contributed by atoms with E-state index in [4.69, 9.17) is 16.0 Å². The van der Waals surface area contributed by atoms with Gasteiger partial charge in [-0.25, -0.2) is 18.8 Å².